The van der Waals surface area contributed by atoms with Crippen LogP contribution < -0.4 is 11.1 Å². The largest absolute Gasteiger partial charge is 0.378 e. The first-order valence-electron chi connectivity index (χ1n) is 8.96. The van der Waals surface area contributed by atoms with Crippen molar-refractivity contribution in [2.24, 2.45) is 11.7 Å². The highest BCUT2D eigenvalue weighted by molar-refractivity contribution is 5.95. The zero-order valence-corrected chi connectivity index (χ0v) is 15.3. The van der Waals surface area contributed by atoms with Crippen LogP contribution in [0.3, 0.4) is 0 Å². The number of benzene rings is 1. The molecule has 0 radical (unpaired) electrons. The Balaban J connectivity index is 1.70. The van der Waals surface area contributed by atoms with Crippen molar-refractivity contribution in [1.82, 2.24) is 9.47 Å². The third-order valence-electron chi connectivity index (χ3n) is 4.91. The summed E-state index contributed by atoms with van der Waals surface area (Å²) in [6.45, 7) is 6.42. The van der Waals surface area contributed by atoms with Gasteiger partial charge in [-0.1, -0.05) is 6.92 Å². The molecule has 1 saturated heterocycles. The molecule has 2 atom stereocenters. The average molecular weight is 358 g/mol. The van der Waals surface area contributed by atoms with Crippen LogP contribution in [0.15, 0.2) is 30.5 Å². The van der Waals surface area contributed by atoms with E-state index in [9.17, 15) is 9.59 Å². The van der Waals surface area contributed by atoms with Gasteiger partial charge in [0.2, 0.25) is 11.8 Å². The van der Waals surface area contributed by atoms with Gasteiger partial charge < -0.3 is 25.3 Å². The van der Waals surface area contributed by atoms with Crippen LogP contribution >= 0.6 is 0 Å². The highest BCUT2D eigenvalue weighted by atomic mass is 16.5. The molecule has 3 rings (SSSR count). The molecule has 2 amide bonds. The molecule has 2 unspecified atom stereocenters. The summed E-state index contributed by atoms with van der Waals surface area (Å²) in [6, 6.07) is 7.44. The van der Waals surface area contributed by atoms with E-state index in [2.05, 4.69) is 5.32 Å². The van der Waals surface area contributed by atoms with E-state index < -0.39 is 0 Å². The minimum Gasteiger partial charge on any atom is -0.378 e. The van der Waals surface area contributed by atoms with Gasteiger partial charge in [-0.3, -0.25) is 9.59 Å². The van der Waals surface area contributed by atoms with Crippen LogP contribution in [0.1, 0.15) is 13.8 Å². The average Bonchev–Trinajstić information content (AvgIpc) is 3.03. The Morgan fingerprint density at radius 1 is 1.23 bits per heavy atom. The molecule has 1 aliphatic heterocycles. The Bertz CT molecular complexity index is 793. The first-order chi connectivity index (χ1) is 12.5. The zero-order chi connectivity index (χ0) is 18.7. The molecule has 0 spiro atoms. The summed E-state index contributed by atoms with van der Waals surface area (Å²) in [5.74, 6) is -0.267. The van der Waals surface area contributed by atoms with Gasteiger partial charge in [0, 0.05) is 41.9 Å². The summed E-state index contributed by atoms with van der Waals surface area (Å²) in [6.07, 6.45) is 1.90. The van der Waals surface area contributed by atoms with Gasteiger partial charge in [-0.2, -0.15) is 0 Å². The molecular weight excluding hydrogens is 332 g/mol. The Hall–Kier alpha value is -2.38. The Morgan fingerprint density at radius 3 is 2.65 bits per heavy atom. The summed E-state index contributed by atoms with van der Waals surface area (Å²) in [7, 11) is 0. The fourth-order valence-corrected chi connectivity index (χ4v) is 2.97. The number of morpholine rings is 1. The molecule has 0 bridgehead atoms. The van der Waals surface area contributed by atoms with Crippen LogP contribution in [0.2, 0.25) is 0 Å². The molecule has 2 heterocycles. The molecule has 1 fully saturated rings. The van der Waals surface area contributed by atoms with Crippen LogP contribution in [-0.4, -0.2) is 53.6 Å². The Kier molecular flexibility index (Phi) is 5.58. The number of ether oxygens (including phenoxy) is 1. The van der Waals surface area contributed by atoms with Crippen molar-refractivity contribution in [2.45, 2.75) is 26.4 Å². The van der Waals surface area contributed by atoms with Crippen molar-refractivity contribution in [2.75, 3.05) is 31.6 Å². The smallest absolute Gasteiger partial charge is 0.242 e. The minimum atomic E-state index is -0.263. The van der Waals surface area contributed by atoms with Crippen LogP contribution in [0.4, 0.5) is 5.69 Å². The van der Waals surface area contributed by atoms with E-state index in [4.69, 9.17) is 10.5 Å². The second kappa shape index (κ2) is 7.88. The first-order valence-corrected chi connectivity index (χ1v) is 8.96. The fraction of sp³-hybridized carbons (Fsp3) is 0.474. The lowest BCUT2D eigenvalue weighted by Crippen LogP contribution is -2.42. The van der Waals surface area contributed by atoms with Gasteiger partial charge in [0.05, 0.1) is 19.1 Å². The number of nitrogens with one attached hydrogen (secondary N) is 1. The third kappa shape index (κ3) is 4.05. The molecule has 26 heavy (non-hydrogen) atoms. The number of anilines is 1. The highest BCUT2D eigenvalue weighted by Gasteiger charge is 2.19. The number of nitrogens with two attached hydrogens (primary N) is 1. The molecule has 7 nitrogen and oxygen atoms in total. The van der Waals surface area contributed by atoms with Gasteiger partial charge in [0.25, 0.3) is 0 Å². The van der Waals surface area contributed by atoms with Crippen LogP contribution in [0.5, 0.6) is 0 Å². The third-order valence-corrected chi connectivity index (χ3v) is 4.91. The standard InChI is InChI=1S/C19H26N4O3/c1-13(14(2)20)19(25)21-16-3-4-17-15(11-16)5-6-23(17)12-18(24)22-7-9-26-10-8-22/h3-6,11,13-14H,7-10,12,20H2,1-2H3,(H,21,25). The lowest BCUT2D eigenvalue weighted by molar-refractivity contribution is -0.135. The number of aromatic nitrogens is 1. The molecule has 1 aliphatic rings. The molecule has 7 heteroatoms. The normalized spacial score (nSPS) is 17.1. The number of hydrogen-bond donors (Lipinski definition) is 2. The maximum atomic E-state index is 12.4. The molecule has 1 aromatic heterocycles. The summed E-state index contributed by atoms with van der Waals surface area (Å²) < 4.78 is 7.22. The van der Waals surface area contributed by atoms with Crippen molar-refractivity contribution < 1.29 is 14.3 Å². The van der Waals surface area contributed by atoms with Crippen LogP contribution in [-0.2, 0) is 20.9 Å². The number of hydrogen-bond acceptors (Lipinski definition) is 4. The van der Waals surface area contributed by atoms with Gasteiger partial charge in [-0.25, -0.2) is 0 Å². The predicted molar refractivity (Wildman–Crippen MR) is 101 cm³/mol. The SMILES string of the molecule is CC(N)C(C)C(=O)Nc1ccc2c(ccn2CC(=O)N2CCOCC2)c1. The van der Waals surface area contributed by atoms with Crippen molar-refractivity contribution in [3.05, 3.63) is 30.5 Å². The minimum absolute atomic E-state index is 0.0916. The van der Waals surface area contributed by atoms with E-state index in [1.54, 1.807) is 0 Å². The molecule has 1 aromatic carbocycles. The predicted octanol–water partition coefficient (Wildman–Crippen LogP) is 1.42. The maximum absolute atomic E-state index is 12.4. The van der Waals surface area contributed by atoms with Crippen molar-refractivity contribution >= 4 is 28.4 Å². The second-order valence-corrected chi connectivity index (χ2v) is 6.85. The van der Waals surface area contributed by atoms with Gasteiger partial charge in [0.15, 0.2) is 0 Å². The topological polar surface area (TPSA) is 89.6 Å². The van der Waals surface area contributed by atoms with E-state index in [0.717, 1.165) is 16.6 Å². The molecule has 0 aliphatic carbocycles. The monoisotopic (exact) mass is 358 g/mol. The lowest BCUT2D eigenvalue weighted by Gasteiger charge is -2.27. The zero-order valence-electron chi connectivity index (χ0n) is 15.3. The highest BCUT2D eigenvalue weighted by Crippen LogP contribution is 2.21. The summed E-state index contributed by atoms with van der Waals surface area (Å²) in [4.78, 5) is 26.4. The van der Waals surface area contributed by atoms with Gasteiger partial charge >= 0.3 is 0 Å². The number of amides is 2. The lowest BCUT2D eigenvalue weighted by atomic mass is 10.0. The summed E-state index contributed by atoms with van der Waals surface area (Å²) in [5.41, 5.74) is 7.48. The number of carbonyl (C=O) groups is 2. The van der Waals surface area contributed by atoms with E-state index >= 15 is 0 Å². The van der Waals surface area contributed by atoms with E-state index in [-0.39, 0.29) is 23.8 Å². The van der Waals surface area contributed by atoms with Crippen molar-refractivity contribution in [3.8, 4) is 0 Å². The van der Waals surface area contributed by atoms with Gasteiger partial charge in [0.1, 0.15) is 6.54 Å². The summed E-state index contributed by atoms with van der Waals surface area (Å²) in [5, 5.41) is 3.88. The molecular formula is C19H26N4O3. The maximum Gasteiger partial charge on any atom is 0.242 e. The van der Waals surface area contributed by atoms with E-state index in [1.807, 2.05) is 53.8 Å². The summed E-state index contributed by atoms with van der Waals surface area (Å²) >= 11 is 0. The van der Waals surface area contributed by atoms with Crippen molar-refractivity contribution in [1.29, 1.82) is 0 Å². The van der Waals surface area contributed by atoms with Crippen LogP contribution in [0, 0.1) is 5.92 Å². The molecule has 0 saturated carbocycles. The van der Waals surface area contributed by atoms with E-state index in [0.29, 0.717) is 32.8 Å². The van der Waals surface area contributed by atoms with Gasteiger partial charge in [-0.05, 0) is 31.2 Å². The Labute approximate surface area is 153 Å². The number of fused-ring (bicyclic) bond motifs is 1. The molecule has 2 aromatic rings. The van der Waals surface area contributed by atoms with Gasteiger partial charge in [-0.15, -0.1) is 0 Å². The number of nitrogens with zero attached hydrogens (tertiary/aromatic N) is 2. The van der Waals surface area contributed by atoms with Crippen molar-refractivity contribution in [3.63, 3.8) is 0 Å². The van der Waals surface area contributed by atoms with E-state index in [1.165, 1.54) is 0 Å². The molecule has 3 N–H and O–H groups in total. The second-order valence-electron chi connectivity index (χ2n) is 6.85. The number of carbonyl (C=O) groups excluding carboxylic acids is 2. The quantitative estimate of drug-likeness (QED) is 0.846. The fourth-order valence-electron chi connectivity index (χ4n) is 2.97. The first kappa shape index (κ1) is 18.4. The molecule has 140 valence electrons. The Morgan fingerprint density at radius 2 is 1.96 bits per heavy atom. The number of rotatable bonds is 5. The van der Waals surface area contributed by atoms with Crippen LogP contribution in [0.25, 0.3) is 10.9 Å².